The van der Waals surface area contributed by atoms with Crippen LogP contribution in [0.25, 0.3) is 5.76 Å². The molecule has 4 rings (SSSR count). The number of nitrogens with one attached hydrogen (secondary N) is 1. The Morgan fingerprint density at radius 1 is 1.14 bits per heavy atom. The van der Waals surface area contributed by atoms with E-state index in [1.54, 1.807) is 46.3 Å². The second-order valence-electron chi connectivity index (χ2n) is 10.4. The van der Waals surface area contributed by atoms with Crippen molar-refractivity contribution >= 4 is 40.0 Å². The summed E-state index contributed by atoms with van der Waals surface area (Å²) in [5.41, 5.74) is 6.93. The number of carbonyl (C=O) groups is 3. The van der Waals surface area contributed by atoms with Gasteiger partial charge in [0.15, 0.2) is 10.9 Å². The Labute approximate surface area is 247 Å². The topological polar surface area (TPSA) is 163 Å². The Bertz CT molecular complexity index is 1530. The number of nitrogens with zero attached hydrogens (tertiary/aromatic N) is 2. The Kier molecular flexibility index (Phi) is 9.15. The lowest BCUT2D eigenvalue weighted by Crippen LogP contribution is -2.38. The Morgan fingerprint density at radius 2 is 1.90 bits per heavy atom. The molecule has 0 aliphatic heterocycles. The Balaban J connectivity index is 1.66. The molecule has 0 saturated carbocycles. The highest BCUT2D eigenvalue weighted by atomic mass is 32.1. The van der Waals surface area contributed by atoms with Crippen LogP contribution in [-0.4, -0.2) is 52.7 Å². The van der Waals surface area contributed by atoms with Crippen molar-refractivity contribution in [3.8, 4) is 11.5 Å². The van der Waals surface area contributed by atoms with Gasteiger partial charge in [-0.1, -0.05) is 17.4 Å². The first-order valence-corrected chi connectivity index (χ1v) is 14.1. The van der Waals surface area contributed by atoms with Crippen LogP contribution >= 0.6 is 11.3 Å². The van der Waals surface area contributed by atoms with Crippen molar-refractivity contribution in [3.05, 3.63) is 69.5 Å². The summed E-state index contributed by atoms with van der Waals surface area (Å²) in [4.78, 5) is 46.3. The summed E-state index contributed by atoms with van der Waals surface area (Å²) >= 11 is 1.13. The number of nitrogens with two attached hydrogens (primary N) is 1. The zero-order chi connectivity index (χ0) is 30.6. The van der Waals surface area contributed by atoms with E-state index in [4.69, 9.17) is 19.9 Å². The average molecular weight is 595 g/mol. The number of benzene rings is 1. The normalized spacial score (nSPS) is 13.9. The molecule has 222 valence electrons. The minimum Gasteiger partial charge on any atom is -0.506 e. The van der Waals surface area contributed by atoms with Gasteiger partial charge in [-0.15, -0.1) is 0 Å². The molecule has 0 saturated heterocycles. The van der Waals surface area contributed by atoms with Crippen molar-refractivity contribution in [1.82, 2.24) is 9.97 Å². The van der Waals surface area contributed by atoms with E-state index in [-0.39, 0.29) is 23.0 Å². The monoisotopic (exact) mass is 594 g/mol. The molecule has 0 bridgehead atoms. The van der Waals surface area contributed by atoms with E-state index in [0.29, 0.717) is 64.1 Å². The van der Waals surface area contributed by atoms with E-state index in [9.17, 15) is 19.5 Å². The number of allylic oxidation sites excluding steroid dienone is 1. The number of hydrogen-bond donors (Lipinski definition) is 3. The van der Waals surface area contributed by atoms with Crippen molar-refractivity contribution in [3.63, 3.8) is 0 Å². The van der Waals surface area contributed by atoms with E-state index >= 15 is 0 Å². The van der Waals surface area contributed by atoms with Gasteiger partial charge in [-0.2, -0.15) is 0 Å². The van der Waals surface area contributed by atoms with Crippen LogP contribution in [-0.2, 0) is 22.4 Å². The van der Waals surface area contributed by atoms with Crippen LogP contribution in [0.3, 0.4) is 0 Å². The van der Waals surface area contributed by atoms with Crippen molar-refractivity contribution in [2.75, 3.05) is 19.5 Å². The van der Waals surface area contributed by atoms with Gasteiger partial charge >= 0.3 is 6.09 Å². The smallest absolute Gasteiger partial charge is 0.405 e. The summed E-state index contributed by atoms with van der Waals surface area (Å²) in [7, 11) is 3.13. The molecule has 1 unspecified atom stereocenters. The number of ether oxygens (including phenoxy) is 3. The molecule has 0 radical (unpaired) electrons. The molecule has 12 heteroatoms. The summed E-state index contributed by atoms with van der Waals surface area (Å²) in [6, 6.07) is 8.80. The maximum absolute atomic E-state index is 13.6. The summed E-state index contributed by atoms with van der Waals surface area (Å²) in [6.45, 7) is 4.87. The molecule has 0 spiro atoms. The third-order valence-electron chi connectivity index (χ3n) is 7.12. The van der Waals surface area contributed by atoms with E-state index < -0.39 is 17.6 Å². The number of aliphatic hydroxyl groups excluding tert-OH is 1. The second-order valence-corrected chi connectivity index (χ2v) is 11.4. The molecular formula is C30H34N4O7S. The van der Waals surface area contributed by atoms with E-state index in [0.717, 1.165) is 16.9 Å². The molecule has 1 aliphatic rings. The third kappa shape index (κ3) is 6.71. The van der Waals surface area contributed by atoms with Crippen LogP contribution in [0.4, 0.5) is 9.93 Å². The summed E-state index contributed by atoms with van der Waals surface area (Å²) in [5.74, 6) is 0.0162. The molecule has 4 N–H and O–H groups in total. The zero-order valence-electron chi connectivity index (χ0n) is 24.1. The first kappa shape index (κ1) is 30.5. The van der Waals surface area contributed by atoms with Crippen LogP contribution in [0.5, 0.6) is 11.5 Å². The number of aryl methyl sites for hydroxylation is 1. The lowest BCUT2D eigenvalue weighted by atomic mass is 9.82. The highest BCUT2D eigenvalue weighted by Crippen LogP contribution is 2.38. The quantitative estimate of drug-likeness (QED) is 0.268. The molecular weight excluding hydrogens is 560 g/mol. The van der Waals surface area contributed by atoms with Crippen molar-refractivity contribution in [2.45, 2.75) is 58.0 Å². The SMILES string of the molecule is COc1ccc(CC(c2ccc(C(=O)C3=C(O)c4sc(NC(C)=O)nc4CCC3)cn2)C(C)(C)OC(N)=O)c(OC)c1. The molecule has 2 amide bonds. The van der Waals surface area contributed by atoms with Crippen molar-refractivity contribution in [2.24, 2.45) is 5.73 Å². The highest BCUT2D eigenvalue weighted by molar-refractivity contribution is 7.16. The van der Waals surface area contributed by atoms with Crippen LogP contribution in [0, 0.1) is 0 Å². The number of Topliss-reactive ketones (excluding diaryl/α,β-unsaturated/α-hetero) is 1. The zero-order valence-corrected chi connectivity index (χ0v) is 25.0. The van der Waals surface area contributed by atoms with E-state index in [1.807, 2.05) is 12.1 Å². The summed E-state index contributed by atoms with van der Waals surface area (Å²) < 4.78 is 16.4. The minimum atomic E-state index is -1.06. The number of anilines is 1. The number of rotatable bonds is 10. The Morgan fingerprint density at radius 3 is 2.52 bits per heavy atom. The number of pyridine rings is 1. The number of methoxy groups -OCH3 is 2. The van der Waals surface area contributed by atoms with E-state index in [1.165, 1.54) is 13.1 Å². The fraction of sp³-hybridized carbons (Fsp3) is 0.367. The molecule has 11 nitrogen and oxygen atoms in total. The number of aliphatic hydroxyl groups is 1. The molecule has 42 heavy (non-hydrogen) atoms. The first-order chi connectivity index (χ1) is 19.9. The van der Waals surface area contributed by atoms with Crippen LogP contribution < -0.4 is 20.5 Å². The number of amides is 2. The summed E-state index contributed by atoms with van der Waals surface area (Å²) in [5, 5.41) is 14.1. The number of thiazole rings is 1. The number of fused-ring (bicyclic) bond motifs is 1. The second kappa shape index (κ2) is 12.6. The van der Waals surface area contributed by atoms with Gasteiger partial charge in [-0.25, -0.2) is 9.78 Å². The van der Waals surface area contributed by atoms with Crippen LogP contribution in [0.15, 0.2) is 42.1 Å². The van der Waals surface area contributed by atoms with Crippen molar-refractivity contribution in [1.29, 1.82) is 0 Å². The molecule has 2 aromatic heterocycles. The largest absolute Gasteiger partial charge is 0.506 e. The summed E-state index contributed by atoms with van der Waals surface area (Å²) in [6.07, 6.45) is 2.46. The number of ketones is 1. The first-order valence-electron chi connectivity index (χ1n) is 13.3. The van der Waals surface area contributed by atoms with Gasteiger partial charge < -0.3 is 30.4 Å². The number of hydrogen-bond acceptors (Lipinski definition) is 10. The predicted octanol–water partition coefficient (Wildman–Crippen LogP) is 5.20. The Hall–Kier alpha value is -4.45. The van der Waals surface area contributed by atoms with Gasteiger partial charge in [-0.3, -0.25) is 14.6 Å². The molecule has 1 atom stereocenters. The van der Waals surface area contributed by atoms with Gasteiger partial charge in [0.2, 0.25) is 5.91 Å². The van der Waals surface area contributed by atoms with Gasteiger partial charge in [-0.05, 0) is 63.3 Å². The van der Waals surface area contributed by atoms with Crippen molar-refractivity contribution < 1.29 is 33.7 Å². The molecule has 1 aromatic carbocycles. The number of aromatic nitrogens is 2. The standard InChI is InChI=1S/C30H34N4O7S/c1-16(35)33-29-34-23-8-6-7-20(26(37)27(23)42-29)25(36)18-10-12-22(32-15-18)21(30(2,3)41-28(31)38)13-17-9-11-19(39-4)14-24(17)40-5/h9-12,14-15,21,37H,6-8,13H2,1-5H3,(H2,31,38)(H,33,34,35). The fourth-order valence-electron chi connectivity index (χ4n) is 5.02. The third-order valence-corrected chi connectivity index (χ3v) is 8.14. The van der Waals surface area contributed by atoms with Gasteiger partial charge in [0.05, 0.1) is 24.8 Å². The predicted molar refractivity (Wildman–Crippen MR) is 158 cm³/mol. The molecule has 2 heterocycles. The maximum atomic E-state index is 13.6. The van der Waals surface area contributed by atoms with Gasteiger partial charge in [0.1, 0.15) is 22.9 Å². The average Bonchev–Trinajstić information content (AvgIpc) is 3.27. The van der Waals surface area contributed by atoms with Gasteiger partial charge in [0.25, 0.3) is 0 Å². The highest BCUT2D eigenvalue weighted by Gasteiger charge is 2.36. The minimum absolute atomic E-state index is 0.133. The maximum Gasteiger partial charge on any atom is 0.405 e. The van der Waals surface area contributed by atoms with E-state index in [2.05, 4.69) is 15.3 Å². The molecule has 1 aliphatic carbocycles. The van der Waals surface area contributed by atoms with Crippen LogP contribution in [0.1, 0.15) is 71.7 Å². The lowest BCUT2D eigenvalue weighted by Gasteiger charge is -2.33. The molecule has 3 aromatic rings. The molecule has 0 fully saturated rings. The van der Waals surface area contributed by atoms with Gasteiger partial charge in [0, 0.05) is 41.9 Å². The van der Waals surface area contributed by atoms with Crippen LogP contribution in [0.2, 0.25) is 0 Å². The lowest BCUT2D eigenvalue weighted by molar-refractivity contribution is -0.114. The number of carbonyl (C=O) groups excluding carboxylic acids is 3. The number of primary amides is 1. The fourth-order valence-corrected chi connectivity index (χ4v) is 6.05.